The molecule has 0 saturated heterocycles. The molecule has 0 aliphatic rings. The van der Waals surface area contributed by atoms with Gasteiger partial charge in [-0.25, -0.2) is 0 Å². The number of hydrogen-bond acceptors (Lipinski definition) is 3. The third kappa shape index (κ3) is 16.6. The molecule has 0 radical (unpaired) electrons. The molecule has 1 N–H and O–H groups in total. The van der Waals surface area contributed by atoms with Crippen LogP contribution in [0.25, 0.3) is 0 Å². The van der Waals surface area contributed by atoms with Crippen molar-refractivity contribution in [3.05, 3.63) is 0 Å². The summed E-state index contributed by atoms with van der Waals surface area (Å²) in [6, 6.07) is 0. The molecule has 0 aromatic carbocycles. The van der Waals surface area contributed by atoms with Crippen LogP contribution in [0.1, 0.15) is 117 Å². The zero-order valence-corrected chi connectivity index (χ0v) is 17.2. The number of esters is 1. The molecule has 0 saturated carbocycles. The van der Waals surface area contributed by atoms with E-state index in [-0.39, 0.29) is 18.0 Å². The fourth-order valence-electron chi connectivity index (χ4n) is 3.20. The maximum Gasteiger partial charge on any atom is 0.308 e. The van der Waals surface area contributed by atoms with Gasteiger partial charge in [0.05, 0.1) is 18.6 Å². The van der Waals surface area contributed by atoms with Crippen LogP contribution in [0, 0.1) is 5.92 Å². The Morgan fingerprint density at radius 1 is 0.760 bits per heavy atom. The highest BCUT2D eigenvalue weighted by Crippen LogP contribution is 2.20. The normalized spacial score (nSPS) is 13.6. The van der Waals surface area contributed by atoms with Crippen molar-refractivity contribution in [3.63, 3.8) is 0 Å². The van der Waals surface area contributed by atoms with Crippen molar-refractivity contribution in [2.75, 3.05) is 6.61 Å². The van der Waals surface area contributed by atoms with Gasteiger partial charge in [-0.15, -0.1) is 0 Å². The van der Waals surface area contributed by atoms with Crippen molar-refractivity contribution in [2.45, 2.75) is 123 Å². The second kappa shape index (κ2) is 18.2. The van der Waals surface area contributed by atoms with Crippen molar-refractivity contribution >= 4 is 5.97 Å². The van der Waals surface area contributed by atoms with Gasteiger partial charge in [-0.3, -0.25) is 4.79 Å². The van der Waals surface area contributed by atoms with Gasteiger partial charge in [0.15, 0.2) is 0 Å². The summed E-state index contributed by atoms with van der Waals surface area (Å²) in [6.07, 6.45) is 16.8. The summed E-state index contributed by atoms with van der Waals surface area (Å²) < 4.78 is 5.52. The molecule has 25 heavy (non-hydrogen) atoms. The topological polar surface area (TPSA) is 46.5 Å². The summed E-state index contributed by atoms with van der Waals surface area (Å²) in [5, 5.41) is 9.26. The van der Waals surface area contributed by atoms with Crippen molar-refractivity contribution in [1.29, 1.82) is 0 Å². The van der Waals surface area contributed by atoms with E-state index in [2.05, 4.69) is 13.8 Å². The van der Waals surface area contributed by atoms with Gasteiger partial charge in [0, 0.05) is 0 Å². The highest BCUT2D eigenvalue weighted by molar-refractivity contribution is 5.72. The van der Waals surface area contributed by atoms with Gasteiger partial charge >= 0.3 is 5.97 Å². The van der Waals surface area contributed by atoms with E-state index in [9.17, 15) is 9.90 Å². The Bertz CT molecular complexity index is 289. The summed E-state index contributed by atoms with van der Waals surface area (Å²) in [7, 11) is 0. The van der Waals surface area contributed by atoms with Crippen LogP contribution in [0.15, 0.2) is 0 Å². The van der Waals surface area contributed by atoms with E-state index >= 15 is 0 Å². The molecule has 0 fully saturated rings. The van der Waals surface area contributed by atoms with Crippen molar-refractivity contribution in [3.8, 4) is 0 Å². The lowest BCUT2D eigenvalue weighted by Gasteiger charge is -2.16. The quantitative estimate of drug-likeness (QED) is 0.228. The first-order valence-electron chi connectivity index (χ1n) is 11.0. The predicted octanol–water partition coefficient (Wildman–Crippen LogP) is 6.42. The predicted molar refractivity (Wildman–Crippen MR) is 107 cm³/mol. The zero-order chi connectivity index (χ0) is 18.8. The first-order chi connectivity index (χ1) is 12.1. The summed E-state index contributed by atoms with van der Waals surface area (Å²) in [4.78, 5) is 12.4. The third-order valence-corrected chi connectivity index (χ3v) is 4.91. The Kier molecular flexibility index (Phi) is 17.8. The van der Waals surface area contributed by atoms with Crippen LogP contribution in [-0.4, -0.2) is 23.8 Å². The molecule has 150 valence electrons. The molecular weight excluding hydrogens is 312 g/mol. The van der Waals surface area contributed by atoms with Crippen LogP contribution in [0.5, 0.6) is 0 Å². The summed E-state index contributed by atoms with van der Waals surface area (Å²) >= 11 is 0. The number of carbonyl (C=O) groups excluding carboxylic acids is 1. The van der Waals surface area contributed by atoms with Gasteiger partial charge in [0.1, 0.15) is 0 Å². The average Bonchev–Trinajstić information content (AvgIpc) is 2.59. The zero-order valence-electron chi connectivity index (χ0n) is 17.2. The fourth-order valence-corrected chi connectivity index (χ4v) is 3.20. The number of carbonyl (C=O) groups is 1. The van der Waals surface area contributed by atoms with E-state index in [4.69, 9.17) is 4.74 Å². The van der Waals surface area contributed by atoms with Gasteiger partial charge in [-0.05, 0) is 39.0 Å². The van der Waals surface area contributed by atoms with Crippen LogP contribution in [0.4, 0.5) is 0 Å². The van der Waals surface area contributed by atoms with Crippen LogP contribution in [0.2, 0.25) is 0 Å². The molecule has 3 heteroatoms. The van der Waals surface area contributed by atoms with E-state index in [1.165, 1.54) is 51.4 Å². The van der Waals surface area contributed by atoms with Gasteiger partial charge < -0.3 is 9.84 Å². The number of hydrogen-bond donors (Lipinski definition) is 1. The van der Waals surface area contributed by atoms with Gasteiger partial charge in [0.2, 0.25) is 0 Å². The molecule has 0 heterocycles. The Morgan fingerprint density at radius 3 is 1.80 bits per heavy atom. The lowest BCUT2D eigenvalue weighted by atomic mass is 9.94. The lowest BCUT2D eigenvalue weighted by molar-refractivity contribution is -0.149. The van der Waals surface area contributed by atoms with E-state index in [1.807, 2.05) is 0 Å². The Labute approximate surface area is 156 Å². The maximum atomic E-state index is 12.4. The van der Waals surface area contributed by atoms with Gasteiger partial charge in [0.25, 0.3) is 0 Å². The van der Waals surface area contributed by atoms with Gasteiger partial charge in [-0.1, -0.05) is 78.1 Å². The molecule has 2 atom stereocenters. The summed E-state index contributed by atoms with van der Waals surface area (Å²) in [5.41, 5.74) is 0. The van der Waals surface area contributed by atoms with Crippen LogP contribution in [-0.2, 0) is 9.53 Å². The van der Waals surface area contributed by atoms with E-state index in [0.717, 1.165) is 44.9 Å². The van der Waals surface area contributed by atoms with Gasteiger partial charge in [-0.2, -0.15) is 0 Å². The molecule has 0 aromatic heterocycles. The number of ether oxygens (including phenoxy) is 1. The third-order valence-electron chi connectivity index (χ3n) is 4.91. The average molecular weight is 357 g/mol. The lowest BCUT2D eigenvalue weighted by Crippen LogP contribution is -2.19. The van der Waals surface area contributed by atoms with Crippen molar-refractivity contribution < 1.29 is 14.6 Å². The molecule has 0 aromatic rings. The van der Waals surface area contributed by atoms with Crippen LogP contribution < -0.4 is 0 Å². The first kappa shape index (κ1) is 24.4. The van der Waals surface area contributed by atoms with E-state index in [1.54, 1.807) is 6.92 Å². The minimum Gasteiger partial charge on any atom is -0.465 e. The molecule has 0 aliphatic heterocycles. The first-order valence-corrected chi connectivity index (χ1v) is 11.0. The highest BCUT2D eigenvalue weighted by Gasteiger charge is 2.19. The highest BCUT2D eigenvalue weighted by atomic mass is 16.5. The Balaban J connectivity index is 4.01. The van der Waals surface area contributed by atoms with Crippen molar-refractivity contribution in [1.82, 2.24) is 0 Å². The number of unbranched alkanes of at least 4 members (excludes halogenated alkanes) is 9. The molecule has 0 amide bonds. The smallest absolute Gasteiger partial charge is 0.308 e. The Hall–Kier alpha value is -0.570. The SMILES string of the molecule is CCCCCCCCC(CCCCCC)C(=O)OCCCC[C@@H](C)O. The molecule has 0 rings (SSSR count). The molecule has 3 nitrogen and oxygen atoms in total. The number of aliphatic hydroxyl groups excluding tert-OH is 1. The number of rotatable bonds is 18. The van der Waals surface area contributed by atoms with Crippen molar-refractivity contribution in [2.24, 2.45) is 5.92 Å². The minimum absolute atomic E-state index is 0.0158. The summed E-state index contributed by atoms with van der Waals surface area (Å²) in [6.45, 7) is 6.77. The molecule has 0 spiro atoms. The second-order valence-electron chi connectivity index (χ2n) is 7.62. The monoisotopic (exact) mass is 356 g/mol. The largest absolute Gasteiger partial charge is 0.465 e. The van der Waals surface area contributed by atoms with E-state index in [0.29, 0.717) is 6.61 Å². The van der Waals surface area contributed by atoms with E-state index < -0.39 is 0 Å². The van der Waals surface area contributed by atoms with Crippen LogP contribution >= 0.6 is 0 Å². The molecule has 0 aliphatic carbocycles. The molecule has 0 bridgehead atoms. The summed E-state index contributed by atoms with van der Waals surface area (Å²) in [5.74, 6) is 0.113. The Morgan fingerprint density at radius 2 is 1.24 bits per heavy atom. The second-order valence-corrected chi connectivity index (χ2v) is 7.62. The minimum atomic E-state index is -0.255. The molecule has 1 unspecified atom stereocenters. The number of aliphatic hydroxyl groups is 1. The maximum absolute atomic E-state index is 12.4. The standard InChI is InChI=1S/C22H44O3/c1-4-6-8-10-11-13-18-21(17-12-9-7-5-2)22(24)25-19-15-14-16-20(3)23/h20-21,23H,4-19H2,1-3H3/t20-,21?/m1/s1. The van der Waals surface area contributed by atoms with Crippen LogP contribution in [0.3, 0.4) is 0 Å². The molecular formula is C22H44O3. The fraction of sp³-hybridized carbons (Fsp3) is 0.955.